The van der Waals surface area contributed by atoms with E-state index in [4.69, 9.17) is 4.74 Å². The van der Waals surface area contributed by atoms with Crippen LogP contribution in [0.3, 0.4) is 0 Å². The Hall–Kier alpha value is -2.08. The fraction of sp³-hybridized carbons (Fsp3) is 0.143. The van der Waals surface area contributed by atoms with Crippen LogP contribution >= 0.6 is 0 Å². The molecular weight excluding hydrogens is 222 g/mol. The van der Waals surface area contributed by atoms with Crippen molar-refractivity contribution in [3.05, 3.63) is 42.0 Å². The van der Waals surface area contributed by atoms with E-state index in [1.807, 2.05) is 24.1 Å². The molecule has 0 aliphatic rings. The predicted molar refractivity (Wildman–Crippen MR) is 63.4 cm³/mol. The van der Waals surface area contributed by atoms with Gasteiger partial charge in [0.15, 0.2) is 0 Å². The Morgan fingerprint density at radius 3 is 2.71 bits per heavy atom. The third-order valence-electron chi connectivity index (χ3n) is 2.40. The number of fused-ring (bicyclic) bond motifs is 1. The molecule has 1 nitrogen and oxygen atoms in total. The van der Waals surface area contributed by atoms with E-state index in [2.05, 4.69) is 5.92 Å². The molecule has 0 aliphatic heterocycles. The molecule has 0 saturated heterocycles. The van der Waals surface area contributed by atoms with Crippen molar-refractivity contribution in [2.45, 2.75) is 6.43 Å². The second kappa shape index (κ2) is 4.84. The van der Waals surface area contributed by atoms with Gasteiger partial charge in [-0.2, -0.15) is 8.78 Å². The summed E-state index contributed by atoms with van der Waals surface area (Å²) in [6.07, 6.45) is -2.61. The maximum Gasteiger partial charge on any atom is 0.299 e. The SMILES string of the molecule is COc1ccc2c(C#CC(F)F)cccc2c1. The lowest BCUT2D eigenvalue weighted by Crippen LogP contribution is -1.86. The normalized spacial score (nSPS) is 10.1. The van der Waals surface area contributed by atoms with Gasteiger partial charge >= 0.3 is 0 Å². The first-order valence-corrected chi connectivity index (χ1v) is 5.07. The zero-order valence-electron chi connectivity index (χ0n) is 9.21. The molecule has 2 aromatic rings. The van der Waals surface area contributed by atoms with E-state index >= 15 is 0 Å². The number of halogens is 2. The smallest absolute Gasteiger partial charge is 0.299 e. The summed E-state index contributed by atoms with van der Waals surface area (Å²) in [5, 5.41) is 1.77. The average Bonchev–Trinajstić information content (AvgIpc) is 2.35. The molecule has 0 radical (unpaired) electrons. The van der Waals surface area contributed by atoms with Gasteiger partial charge in [0.25, 0.3) is 6.43 Å². The van der Waals surface area contributed by atoms with Crippen molar-refractivity contribution >= 4 is 10.8 Å². The first kappa shape index (κ1) is 11.4. The second-order valence-corrected chi connectivity index (χ2v) is 3.46. The molecule has 86 valence electrons. The molecule has 0 bridgehead atoms. The monoisotopic (exact) mass is 232 g/mol. The number of ether oxygens (including phenoxy) is 1. The van der Waals surface area contributed by atoms with Crippen LogP contribution in [0.5, 0.6) is 5.75 Å². The van der Waals surface area contributed by atoms with Crippen LogP contribution in [-0.4, -0.2) is 13.5 Å². The van der Waals surface area contributed by atoms with Gasteiger partial charge in [-0.3, -0.25) is 0 Å². The van der Waals surface area contributed by atoms with Gasteiger partial charge < -0.3 is 4.74 Å². The molecule has 0 spiro atoms. The minimum Gasteiger partial charge on any atom is -0.497 e. The van der Waals surface area contributed by atoms with Crippen LogP contribution in [0.25, 0.3) is 10.8 Å². The summed E-state index contributed by atoms with van der Waals surface area (Å²) in [5.74, 6) is 5.08. The Kier molecular flexibility index (Phi) is 3.24. The minimum absolute atomic E-state index is 0.602. The molecular formula is C14H10F2O. The van der Waals surface area contributed by atoms with Crippen molar-refractivity contribution in [1.29, 1.82) is 0 Å². The number of rotatable bonds is 1. The maximum absolute atomic E-state index is 12.0. The van der Waals surface area contributed by atoms with Gasteiger partial charge in [-0.05, 0) is 41.0 Å². The topological polar surface area (TPSA) is 9.23 Å². The fourth-order valence-corrected chi connectivity index (χ4v) is 1.63. The summed E-state index contributed by atoms with van der Waals surface area (Å²) >= 11 is 0. The molecule has 0 aromatic heterocycles. The van der Waals surface area contributed by atoms with Gasteiger partial charge in [-0.1, -0.05) is 18.1 Å². The highest BCUT2D eigenvalue weighted by Crippen LogP contribution is 2.23. The van der Waals surface area contributed by atoms with E-state index in [1.54, 1.807) is 25.3 Å². The molecule has 3 heteroatoms. The van der Waals surface area contributed by atoms with E-state index in [0.717, 1.165) is 16.5 Å². The van der Waals surface area contributed by atoms with E-state index in [9.17, 15) is 8.78 Å². The lowest BCUT2D eigenvalue weighted by atomic mass is 10.0. The van der Waals surface area contributed by atoms with Crippen LogP contribution in [0.4, 0.5) is 8.78 Å². The van der Waals surface area contributed by atoms with Crippen LogP contribution in [0.2, 0.25) is 0 Å². The van der Waals surface area contributed by atoms with Crippen molar-refractivity contribution in [2.24, 2.45) is 0 Å². The molecule has 0 fully saturated rings. The number of methoxy groups -OCH3 is 1. The van der Waals surface area contributed by atoms with Crippen molar-refractivity contribution in [1.82, 2.24) is 0 Å². The van der Waals surface area contributed by atoms with Crippen LogP contribution in [0, 0.1) is 11.8 Å². The van der Waals surface area contributed by atoms with E-state index in [1.165, 1.54) is 0 Å². The van der Waals surface area contributed by atoms with Gasteiger partial charge in [0.2, 0.25) is 0 Å². The first-order chi connectivity index (χ1) is 8.20. The van der Waals surface area contributed by atoms with Crippen molar-refractivity contribution in [3.63, 3.8) is 0 Å². The standard InChI is InChI=1S/C14H10F2O/c1-17-12-6-7-13-10(5-8-14(15)16)3-2-4-11(13)9-12/h2-4,6-7,9,14H,1H3. The highest BCUT2D eigenvalue weighted by atomic mass is 19.3. The van der Waals surface area contributed by atoms with Gasteiger partial charge in [0.1, 0.15) is 5.75 Å². The molecule has 0 atom stereocenters. The van der Waals surface area contributed by atoms with Crippen molar-refractivity contribution < 1.29 is 13.5 Å². The summed E-state index contributed by atoms with van der Waals surface area (Å²) in [5.41, 5.74) is 0.602. The molecule has 17 heavy (non-hydrogen) atoms. The maximum atomic E-state index is 12.0. The van der Waals surface area contributed by atoms with E-state index in [0.29, 0.717) is 5.56 Å². The van der Waals surface area contributed by atoms with Gasteiger partial charge in [-0.25, -0.2) is 0 Å². The Morgan fingerprint density at radius 1 is 1.18 bits per heavy atom. The molecule has 0 N–H and O–H groups in total. The molecule has 0 amide bonds. The molecule has 2 rings (SSSR count). The van der Waals surface area contributed by atoms with Crippen LogP contribution in [-0.2, 0) is 0 Å². The third kappa shape index (κ3) is 2.54. The van der Waals surface area contributed by atoms with Crippen LogP contribution < -0.4 is 4.74 Å². The van der Waals surface area contributed by atoms with Gasteiger partial charge in [0.05, 0.1) is 7.11 Å². The number of benzene rings is 2. The highest BCUT2D eigenvalue weighted by molar-refractivity contribution is 5.89. The Labute approximate surface area is 98.0 Å². The quantitative estimate of drug-likeness (QED) is 0.684. The summed E-state index contributed by atoms with van der Waals surface area (Å²) in [6.45, 7) is 0. The largest absolute Gasteiger partial charge is 0.497 e. The number of alkyl halides is 2. The summed E-state index contributed by atoms with van der Waals surface area (Å²) in [6, 6.07) is 10.9. The predicted octanol–water partition coefficient (Wildman–Crippen LogP) is 3.47. The van der Waals surface area contributed by atoms with E-state index < -0.39 is 6.43 Å². The van der Waals surface area contributed by atoms with E-state index in [-0.39, 0.29) is 0 Å². The lowest BCUT2D eigenvalue weighted by molar-refractivity contribution is 0.215. The third-order valence-corrected chi connectivity index (χ3v) is 2.40. The summed E-state index contributed by atoms with van der Waals surface area (Å²) < 4.78 is 29.2. The van der Waals surface area contributed by atoms with Gasteiger partial charge in [-0.15, -0.1) is 0 Å². The van der Waals surface area contributed by atoms with Crippen LogP contribution in [0.15, 0.2) is 36.4 Å². The lowest BCUT2D eigenvalue weighted by Gasteiger charge is -2.03. The minimum atomic E-state index is -2.61. The molecule has 2 aromatic carbocycles. The molecule has 0 unspecified atom stereocenters. The zero-order valence-corrected chi connectivity index (χ0v) is 9.21. The average molecular weight is 232 g/mol. The van der Waals surface area contributed by atoms with Crippen molar-refractivity contribution in [3.8, 4) is 17.6 Å². The first-order valence-electron chi connectivity index (χ1n) is 5.07. The number of hydrogen-bond donors (Lipinski definition) is 0. The second-order valence-electron chi connectivity index (χ2n) is 3.46. The molecule has 0 heterocycles. The Morgan fingerprint density at radius 2 is 2.00 bits per heavy atom. The molecule has 0 aliphatic carbocycles. The summed E-state index contributed by atoms with van der Waals surface area (Å²) in [4.78, 5) is 0. The van der Waals surface area contributed by atoms with Crippen molar-refractivity contribution in [2.75, 3.05) is 7.11 Å². The van der Waals surface area contributed by atoms with Gasteiger partial charge in [0, 0.05) is 5.56 Å². The summed E-state index contributed by atoms with van der Waals surface area (Å²) in [7, 11) is 1.58. The highest BCUT2D eigenvalue weighted by Gasteiger charge is 2.00. The molecule has 0 saturated carbocycles. The zero-order chi connectivity index (χ0) is 12.3. The van der Waals surface area contributed by atoms with Crippen LogP contribution in [0.1, 0.15) is 5.56 Å². The fourth-order valence-electron chi connectivity index (χ4n) is 1.63. The Balaban J connectivity index is 2.55. The number of hydrogen-bond acceptors (Lipinski definition) is 1. The Bertz CT molecular complexity index is 594.